The zero-order valence-electron chi connectivity index (χ0n) is 4.79. The number of aliphatic carboxylic acids is 1. The standard InChI is InChI=1S/C4H7O2.CH.Y/c1-3(2)4(5)6;;/h3H,1H2,2H3,(H,5,6);1H;/q2*-1;. The first-order chi connectivity index (χ1) is 2.64. The molecule has 0 saturated carbocycles. The molecule has 0 aliphatic heterocycles. The van der Waals surface area contributed by atoms with Crippen LogP contribution in [0, 0.1) is 20.3 Å². The fraction of sp³-hybridized carbons (Fsp3) is 0.400. The van der Waals surface area contributed by atoms with Crippen molar-refractivity contribution >= 4 is 5.97 Å². The van der Waals surface area contributed by atoms with Crippen molar-refractivity contribution in [1.29, 1.82) is 0 Å². The maximum atomic E-state index is 9.64. The molecule has 0 rings (SSSR count). The molecule has 0 heterocycles. The Hall–Kier alpha value is 0.574. The van der Waals surface area contributed by atoms with Crippen molar-refractivity contribution in [2.24, 2.45) is 5.92 Å². The molecule has 2 nitrogen and oxygen atoms in total. The van der Waals surface area contributed by atoms with E-state index in [4.69, 9.17) is 5.11 Å². The zero-order valence-corrected chi connectivity index (χ0v) is 7.63. The Morgan fingerprint density at radius 1 is 1.75 bits per heavy atom. The van der Waals surface area contributed by atoms with Crippen molar-refractivity contribution in [3.05, 3.63) is 14.4 Å². The Balaban J connectivity index is -0.000000125. The van der Waals surface area contributed by atoms with Crippen molar-refractivity contribution < 1.29 is 42.6 Å². The number of hydrogen-bond donors (Lipinski definition) is 1. The summed E-state index contributed by atoms with van der Waals surface area (Å²) in [6.07, 6.45) is 0. The third-order valence-electron chi connectivity index (χ3n) is 0.422. The predicted molar refractivity (Wildman–Crippen MR) is 26.5 cm³/mol. The molecule has 45 valence electrons. The summed E-state index contributed by atoms with van der Waals surface area (Å²) in [6.45, 7) is 4.77. The number of carboxylic acids is 1. The molecule has 0 saturated heterocycles. The van der Waals surface area contributed by atoms with Gasteiger partial charge in [-0.3, -0.25) is 4.79 Å². The zero-order chi connectivity index (χ0) is 5.15. The van der Waals surface area contributed by atoms with Crippen LogP contribution in [-0.2, 0) is 37.5 Å². The van der Waals surface area contributed by atoms with Gasteiger partial charge in [-0.2, -0.15) is 0 Å². The summed E-state index contributed by atoms with van der Waals surface area (Å²) in [6, 6.07) is 0. The van der Waals surface area contributed by atoms with E-state index in [0.29, 0.717) is 0 Å². The minimum absolute atomic E-state index is 0. The van der Waals surface area contributed by atoms with Crippen molar-refractivity contribution in [2.75, 3.05) is 0 Å². The smallest absolute Gasteiger partial charge is 0.275 e. The monoisotopic (exact) mass is 189 g/mol. The molecule has 0 spiro atoms. The Morgan fingerprint density at radius 2 is 1.88 bits per heavy atom. The van der Waals surface area contributed by atoms with E-state index in [1.807, 2.05) is 0 Å². The summed E-state index contributed by atoms with van der Waals surface area (Å²) in [4.78, 5) is 9.64. The van der Waals surface area contributed by atoms with Crippen molar-refractivity contribution in [3.63, 3.8) is 0 Å². The quantitative estimate of drug-likeness (QED) is 0.617. The molecule has 0 aliphatic carbocycles. The van der Waals surface area contributed by atoms with E-state index in [2.05, 4.69) is 6.92 Å². The normalized spacial score (nSPS) is 10.2. The molecular formula is C5H8O2Y-2. The van der Waals surface area contributed by atoms with Gasteiger partial charge in [-0.25, -0.2) is 0 Å². The molecular weight excluding hydrogens is 181 g/mol. The van der Waals surface area contributed by atoms with Gasteiger partial charge in [0.1, 0.15) is 0 Å². The van der Waals surface area contributed by atoms with Gasteiger partial charge in [0.25, 0.3) is 5.97 Å². The summed E-state index contributed by atoms with van der Waals surface area (Å²) in [5.41, 5.74) is 0. The summed E-state index contributed by atoms with van der Waals surface area (Å²) < 4.78 is 0. The average molecular weight is 189 g/mol. The maximum absolute atomic E-state index is 9.64. The number of hydrogen-bond acceptors (Lipinski definition) is 1. The van der Waals surface area contributed by atoms with E-state index in [9.17, 15) is 4.79 Å². The molecule has 8 heavy (non-hydrogen) atoms. The van der Waals surface area contributed by atoms with Gasteiger partial charge in [-0.15, -0.1) is 0 Å². The largest absolute Gasteiger partial charge is 0.726 e. The summed E-state index contributed by atoms with van der Waals surface area (Å²) in [5, 5.41) is 7.93. The fourth-order valence-electron chi connectivity index (χ4n) is 0. The predicted octanol–water partition coefficient (Wildman–Crippen LogP) is 0.743. The first kappa shape index (κ1) is 15.8. The minimum Gasteiger partial charge on any atom is -0.726 e. The molecule has 0 aromatic carbocycles. The Labute approximate surface area is 75.5 Å². The van der Waals surface area contributed by atoms with Gasteiger partial charge in [0, 0.05) is 32.7 Å². The van der Waals surface area contributed by atoms with Crippen molar-refractivity contribution in [3.8, 4) is 0 Å². The number of carbonyl (C=O) groups is 1. The van der Waals surface area contributed by atoms with Crippen LogP contribution < -0.4 is 0 Å². The van der Waals surface area contributed by atoms with Crippen LogP contribution in [0.4, 0.5) is 0 Å². The average Bonchev–Trinajstić information content (AvgIpc) is 1.36. The van der Waals surface area contributed by atoms with Crippen LogP contribution in [0.3, 0.4) is 0 Å². The first-order valence-electron chi connectivity index (χ1n) is 1.70. The van der Waals surface area contributed by atoms with Crippen LogP contribution in [0.15, 0.2) is 0 Å². The molecule has 0 aromatic heterocycles. The molecule has 0 fully saturated rings. The van der Waals surface area contributed by atoms with Gasteiger partial charge >= 0.3 is 0 Å². The Morgan fingerprint density at radius 3 is 1.88 bits per heavy atom. The van der Waals surface area contributed by atoms with Gasteiger partial charge in [0.05, 0.1) is 0 Å². The van der Waals surface area contributed by atoms with E-state index in [1.54, 1.807) is 0 Å². The van der Waals surface area contributed by atoms with Crippen molar-refractivity contribution in [1.82, 2.24) is 0 Å². The van der Waals surface area contributed by atoms with E-state index in [-0.39, 0.29) is 40.1 Å². The van der Waals surface area contributed by atoms with E-state index >= 15 is 0 Å². The molecule has 0 aliphatic rings. The summed E-state index contributed by atoms with van der Waals surface area (Å²) in [7, 11) is 0. The molecule has 0 amide bonds. The van der Waals surface area contributed by atoms with Crippen LogP contribution in [0.1, 0.15) is 6.92 Å². The summed E-state index contributed by atoms with van der Waals surface area (Å²) in [5.74, 6) is -1.33. The van der Waals surface area contributed by atoms with Crippen LogP contribution >= 0.6 is 0 Å². The molecule has 0 bridgehead atoms. The van der Waals surface area contributed by atoms with E-state index in [0.717, 1.165) is 0 Å². The van der Waals surface area contributed by atoms with Crippen LogP contribution in [0.5, 0.6) is 0 Å². The minimum atomic E-state index is -0.852. The van der Waals surface area contributed by atoms with Crippen LogP contribution in [-0.4, -0.2) is 11.1 Å². The molecule has 1 unspecified atom stereocenters. The summed E-state index contributed by atoms with van der Waals surface area (Å²) >= 11 is 0. The molecule has 1 N–H and O–H groups in total. The third-order valence-corrected chi connectivity index (χ3v) is 0.422. The van der Waals surface area contributed by atoms with Crippen LogP contribution in [0.25, 0.3) is 0 Å². The Kier molecular flexibility index (Phi) is 15.0. The second kappa shape index (κ2) is 7.57. The van der Waals surface area contributed by atoms with Gasteiger partial charge in [-0.1, -0.05) is 12.8 Å². The SMILES string of the molecule is [CH-].[CH2-]C(C)C(=O)O.[Y]. The molecule has 3 heteroatoms. The maximum Gasteiger partial charge on any atom is 0.275 e. The van der Waals surface area contributed by atoms with Crippen LogP contribution in [0.2, 0.25) is 0 Å². The Bertz CT molecular complexity index is 61.4. The van der Waals surface area contributed by atoms with E-state index < -0.39 is 11.9 Å². The second-order valence-electron chi connectivity index (χ2n) is 1.24. The van der Waals surface area contributed by atoms with Crippen molar-refractivity contribution in [2.45, 2.75) is 6.92 Å². The molecule has 0 aromatic rings. The fourth-order valence-corrected chi connectivity index (χ4v) is 0. The van der Waals surface area contributed by atoms with Gasteiger partial charge in [-0.05, 0) is 0 Å². The topological polar surface area (TPSA) is 37.3 Å². The third kappa shape index (κ3) is 9.76. The molecule has 1 atom stereocenters. The first-order valence-corrected chi connectivity index (χ1v) is 1.70. The van der Waals surface area contributed by atoms with Gasteiger partial charge in [0.15, 0.2) is 0 Å². The van der Waals surface area contributed by atoms with E-state index in [1.165, 1.54) is 6.92 Å². The van der Waals surface area contributed by atoms with Gasteiger partial charge in [0.2, 0.25) is 0 Å². The number of rotatable bonds is 1. The van der Waals surface area contributed by atoms with Gasteiger partial charge < -0.3 is 19.5 Å². The second-order valence-corrected chi connectivity index (χ2v) is 1.24. The number of carboxylic acid groups (broad SMARTS) is 1. The molecule has 3 radical (unpaired) electrons.